The summed E-state index contributed by atoms with van der Waals surface area (Å²) in [5.41, 5.74) is 6.15. The van der Waals surface area contributed by atoms with E-state index in [1.807, 2.05) is 0 Å². The lowest BCUT2D eigenvalue weighted by atomic mass is 9.73. The normalized spacial score (nSPS) is 32.0. The Morgan fingerprint density at radius 1 is 1.17 bits per heavy atom. The van der Waals surface area contributed by atoms with E-state index in [2.05, 4.69) is 20.8 Å². The predicted octanol–water partition coefficient (Wildman–Crippen LogP) is 2.94. The molecule has 0 atom stereocenters. The fourth-order valence-electron chi connectivity index (χ4n) is 2.31. The SMILES string of the molecule is CCC1CCC(C(C)(C)N)CC1. The fraction of sp³-hybridized carbons (Fsp3) is 1.00. The Balaban J connectivity index is 2.36. The Labute approximate surface area is 76.7 Å². The van der Waals surface area contributed by atoms with E-state index in [9.17, 15) is 0 Å². The molecule has 0 aromatic heterocycles. The lowest BCUT2D eigenvalue weighted by Crippen LogP contribution is -2.42. The fourth-order valence-corrected chi connectivity index (χ4v) is 2.31. The Kier molecular flexibility index (Phi) is 3.16. The second kappa shape index (κ2) is 3.78. The van der Waals surface area contributed by atoms with Gasteiger partial charge in [-0.15, -0.1) is 0 Å². The highest BCUT2D eigenvalue weighted by Gasteiger charge is 2.29. The van der Waals surface area contributed by atoms with Crippen molar-refractivity contribution in [3.05, 3.63) is 0 Å². The average molecular weight is 169 g/mol. The van der Waals surface area contributed by atoms with Gasteiger partial charge >= 0.3 is 0 Å². The first-order chi connectivity index (χ1) is 5.54. The Hall–Kier alpha value is -0.0400. The van der Waals surface area contributed by atoms with Crippen molar-refractivity contribution in [2.24, 2.45) is 17.6 Å². The molecule has 0 saturated heterocycles. The zero-order valence-electron chi connectivity index (χ0n) is 8.77. The smallest absolute Gasteiger partial charge is 0.0125 e. The molecule has 1 saturated carbocycles. The molecular weight excluding hydrogens is 146 g/mol. The van der Waals surface area contributed by atoms with Gasteiger partial charge in [-0.25, -0.2) is 0 Å². The van der Waals surface area contributed by atoms with Gasteiger partial charge in [0.2, 0.25) is 0 Å². The predicted molar refractivity (Wildman–Crippen MR) is 54.0 cm³/mol. The van der Waals surface area contributed by atoms with Crippen molar-refractivity contribution in [1.82, 2.24) is 0 Å². The highest BCUT2D eigenvalue weighted by atomic mass is 14.7. The van der Waals surface area contributed by atoms with Crippen LogP contribution in [0.15, 0.2) is 0 Å². The van der Waals surface area contributed by atoms with Crippen LogP contribution < -0.4 is 5.73 Å². The topological polar surface area (TPSA) is 26.0 Å². The highest BCUT2D eigenvalue weighted by molar-refractivity contribution is 4.85. The van der Waals surface area contributed by atoms with E-state index >= 15 is 0 Å². The number of hydrogen-bond acceptors (Lipinski definition) is 1. The van der Waals surface area contributed by atoms with E-state index in [-0.39, 0.29) is 5.54 Å². The summed E-state index contributed by atoms with van der Waals surface area (Å²) in [4.78, 5) is 0. The summed E-state index contributed by atoms with van der Waals surface area (Å²) in [6.07, 6.45) is 6.87. The van der Waals surface area contributed by atoms with Gasteiger partial charge in [0.25, 0.3) is 0 Å². The van der Waals surface area contributed by atoms with Crippen LogP contribution in [0.1, 0.15) is 52.9 Å². The minimum Gasteiger partial charge on any atom is -0.325 e. The van der Waals surface area contributed by atoms with Crippen molar-refractivity contribution in [3.8, 4) is 0 Å². The molecule has 0 aromatic rings. The highest BCUT2D eigenvalue weighted by Crippen LogP contribution is 2.35. The molecule has 2 N–H and O–H groups in total. The van der Waals surface area contributed by atoms with Crippen molar-refractivity contribution in [2.45, 2.75) is 58.4 Å². The van der Waals surface area contributed by atoms with Crippen LogP contribution in [0, 0.1) is 11.8 Å². The van der Waals surface area contributed by atoms with Crippen LogP contribution in [0.25, 0.3) is 0 Å². The quantitative estimate of drug-likeness (QED) is 0.675. The van der Waals surface area contributed by atoms with Gasteiger partial charge < -0.3 is 5.73 Å². The van der Waals surface area contributed by atoms with Gasteiger partial charge in [-0.1, -0.05) is 26.2 Å². The van der Waals surface area contributed by atoms with Gasteiger partial charge in [-0.3, -0.25) is 0 Å². The van der Waals surface area contributed by atoms with E-state index in [1.165, 1.54) is 32.1 Å². The summed E-state index contributed by atoms with van der Waals surface area (Å²) in [6, 6.07) is 0. The molecule has 1 rings (SSSR count). The molecule has 72 valence electrons. The zero-order chi connectivity index (χ0) is 9.19. The molecule has 1 nitrogen and oxygen atoms in total. The van der Waals surface area contributed by atoms with Crippen molar-refractivity contribution in [1.29, 1.82) is 0 Å². The maximum absolute atomic E-state index is 6.10. The number of hydrogen-bond donors (Lipinski definition) is 1. The maximum atomic E-state index is 6.10. The molecule has 12 heavy (non-hydrogen) atoms. The third kappa shape index (κ3) is 2.48. The second-order valence-electron chi connectivity index (χ2n) is 4.95. The molecule has 0 aliphatic heterocycles. The van der Waals surface area contributed by atoms with Crippen LogP contribution in [0.3, 0.4) is 0 Å². The minimum atomic E-state index is 0.0543. The van der Waals surface area contributed by atoms with Crippen LogP contribution in [0.2, 0.25) is 0 Å². The zero-order valence-corrected chi connectivity index (χ0v) is 8.77. The van der Waals surface area contributed by atoms with E-state index in [0.29, 0.717) is 0 Å². The second-order valence-corrected chi connectivity index (χ2v) is 4.95. The average Bonchev–Trinajstić information content (AvgIpc) is 2.03. The van der Waals surface area contributed by atoms with Crippen molar-refractivity contribution in [3.63, 3.8) is 0 Å². The van der Waals surface area contributed by atoms with E-state index in [0.717, 1.165) is 11.8 Å². The van der Waals surface area contributed by atoms with Crippen LogP contribution >= 0.6 is 0 Å². The monoisotopic (exact) mass is 169 g/mol. The first-order valence-corrected chi connectivity index (χ1v) is 5.33. The van der Waals surface area contributed by atoms with Gasteiger partial charge in [-0.2, -0.15) is 0 Å². The molecule has 1 aliphatic carbocycles. The standard InChI is InChI=1S/C11H23N/c1-4-9-5-7-10(8-6-9)11(2,3)12/h9-10H,4-8,12H2,1-3H3. The van der Waals surface area contributed by atoms with Crippen LogP contribution in [0.4, 0.5) is 0 Å². The third-order valence-corrected chi connectivity index (χ3v) is 3.48. The Morgan fingerprint density at radius 3 is 2.00 bits per heavy atom. The molecule has 0 heterocycles. The Bertz CT molecular complexity index is 126. The third-order valence-electron chi connectivity index (χ3n) is 3.48. The molecule has 1 fully saturated rings. The van der Waals surface area contributed by atoms with E-state index in [1.54, 1.807) is 0 Å². The van der Waals surface area contributed by atoms with Crippen molar-refractivity contribution >= 4 is 0 Å². The van der Waals surface area contributed by atoms with Gasteiger partial charge in [0, 0.05) is 5.54 Å². The van der Waals surface area contributed by atoms with Gasteiger partial charge in [0.05, 0.1) is 0 Å². The first-order valence-electron chi connectivity index (χ1n) is 5.33. The summed E-state index contributed by atoms with van der Waals surface area (Å²) in [5.74, 6) is 1.75. The molecule has 0 spiro atoms. The van der Waals surface area contributed by atoms with Crippen molar-refractivity contribution < 1.29 is 0 Å². The molecular formula is C11H23N. The summed E-state index contributed by atoms with van der Waals surface area (Å²) in [5, 5.41) is 0. The molecule has 0 aromatic carbocycles. The first kappa shape index (κ1) is 10.0. The summed E-state index contributed by atoms with van der Waals surface area (Å²) in [6.45, 7) is 6.65. The largest absolute Gasteiger partial charge is 0.325 e. The van der Waals surface area contributed by atoms with Gasteiger partial charge in [0.15, 0.2) is 0 Å². The molecule has 0 unspecified atom stereocenters. The van der Waals surface area contributed by atoms with Crippen molar-refractivity contribution in [2.75, 3.05) is 0 Å². The van der Waals surface area contributed by atoms with Crippen LogP contribution in [0.5, 0.6) is 0 Å². The number of rotatable bonds is 2. The number of nitrogens with two attached hydrogens (primary N) is 1. The lowest BCUT2D eigenvalue weighted by molar-refractivity contribution is 0.195. The Morgan fingerprint density at radius 2 is 1.67 bits per heavy atom. The van der Waals surface area contributed by atoms with E-state index < -0.39 is 0 Å². The lowest BCUT2D eigenvalue weighted by Gasteiger charge is -2.36. The molecule has 1 aliphatic rings. The molecule has 0 bridgehead atoms. The van der Waals surface area contributed by atoms with Crippen LogP contribution in [-0.2, 0) is 0 Å². The summed E-state index contributed by atoms with van der Waals surface area (Å²) in [7, 11) is 0. The maximum Gasteiger partial charge on any atom is 0.0125 e. The summed E-state index contributed by atoms with van der Waals surface area (Å²) < 4.78 is 0. The molecule has 0 amide bonds. The molecule has 0 radical (unpaired) electrons. The van der Waals surface area contributed by atoms with Gasteiger partial charge in [-0.05, 0) is 38.5 Å². The van der Waals surface area contributed by atoms with Gasteiger partial charge in [0.1, 0.15) is 0 Å². The summed E-state index contributed by atoms with van der Waals surface area (Å²) >= 11 is 0. The van der Waals surface area contributed by atoms with Crippen LogP contribution in [-0.4, -0.2) is 5.54 Å². The van der Waals surface area contributed by atoms with E-state index in [4.69, 9.17) is 5.73 Å². The molecule has 1 heteroatoms. The minimum absolute atomic E-state index is 0.0543.